The predicted octanol–water partition coefficient (Wildman–Crippen LogP) is 2.99. The minimum Gasteiger partial charge on any atom is -0.398 e. The van der Waals surface area contributed by atoms with E-state index in [0.717, 1.165) is 0 Å². The molecule has 0 atom stereocenters. The first-order chi connectivity index (χ1) is 8.95. The highest BCUT2D eigenvalue weighted by Crippen LogP contribution is 2.41. The average Bonchev–Trinajstić information content (AvgIpc) is 2.65. The number of anilines is 2. The van der Waals surface area contributed by atoms with E-state index >= 15 is 0 Å². The van der Waals surface area contributed by atoms with Gasteiger partial charge in [0.25, 0.3) is 0 Å². The van der Waals surface area contributed by atoms with Crippen LogP contribution in [0.25, 0.3) is 0 Å². The van der Waals surface area contributed by atoms with Gasteiger partial charge in [-0.1, -0.05) is 25.4 Å². The fourth-order valence-corrected chi connectivity index (χ4v) is 2.69. The van der Waals surface area contributed by atoms with Gasteiger partial charge in [0, 0.05) is 6.42 Å². The average molecular weight is 281 g/mol. The molecule has 0 saturated carbocycles. The van der Waals surface area contributed by atoms with Crippen molar-refractivity contribution >= 4 is 34.8 Å². The van der Waals surface area contributed by atoms with Crippen molar-refractivity contribution in [3.63, 3.8) is 0 Å². The first-order valence-electron chi connectivity index (χ1n) is 6.37. The van der Waals surface area contributed by atoms with Gasteiger partial charge >= 0.3 is 0 Å². The Hall–Kier alpha value is -1.55. The molecule has 1 aliphatic heterocycles. The van der Waals surface area contributed by atoms with Gasteiger partial charge in [-0.15, -0.1) is 0 Å². The lowest BCUT2D eigenvalue weighted by molar-refractivity contribution is -0.126. The maximum Gasteiger partial charge on any atom is 0.240 e. The molecular formula is C14H17ClN2O2. The second-order valence-electron chi connectivity index (χ2n) is 4.90. The molecule has 1 saturated heterocycles. The standard InChI is InChI=1S/C14H17ClN2O2/c1-3-14(4-2)8-12(18)17(13(14)19)9-5-6-11(16)10(15)7-9/h5-7H,3-4,8,16H2,1-2H3. The van der Waals surface area contributed by atoms with Gasteiger partial charge in [-0.3, -0.25) is 14.5 Å². The lowest BCUT2D eigenvalue weighted by atomic mass is 9.81. The summed E-state index contributed by atoms with van der Waals surface area (Å²) in [6.07, 6.45) is 1.58. The van der Waals surface area contributed by atoms with E-state index in [2.05, 4.69) is 0 Å². The van der Waals surface area contributed by atoms with Crippen LogP contribution < -0.4 is 10.6 Å². The van der Waals surface area contributed by atoms with E-state index in [9.17, 15) is 9.59 Å². The molecule has 0 aliphatic carbocycles. The minimum atomic E-state index is -0.565. The topological polar surface area (TPSA) is 63.4 Å². The predicted molar refractivity (Wildman–Crippen MR) is 76.0 cm³/mol. The van der Waals surface area contributed by atoms with E-state index < -0.39 is 5.41 Å². The van der Waals surface area contributed by atoms with E-state index in [-0.39, 0.29) is 18.2 Å². The van der Waals surface area contributed by atoms with Crippen molar-refractivity contribution < 1.29 is 9.59 Å². The number of amides is 2. The Bertz CT molecular complexity index is 538. The Morgan fingerprint density at radius 2 is 1.95 bits per heavy atom. The monoisotopic (exact) mass is 280 g/mol. The van der Waals surface area contributed by atoms with E-state index in [1.807, 2.05) is 13.8 Å². The summed E-state index contributed by atoms with van der Waals surface area (Å²) in [6, 6.07) is 4.82. The number of nitrogen functional groups attached to an aromatic ring is 1. The van der Waals surface area contributed by atoms with E-state index in [4.69, 9.17) is 17.3 Å². The Morgan fingerprint density at radius 3 is 2.42 bits per heavy atom. The van der Waals surface area contributed by atoms with Crippen LogP contribution in [-0.2, 0) is 9.59 Å². The summed E-state index contributed by atoms with van der Waals surface area (Å²) in [5, 5.41) is 0.351. The molecule has 0 aromatic heterocycles. The van der Waals surface area contributed by atoms with Crippen molar-refractivity contribution in [3.05, 3.63) is 23.2 Å². The number of nitrogens with two attached hydrogens (primary N) is 1. The molecule has 0 spiro atoms. The molecular weight excluding hydrogens is 264 g/mol. The van der Waals surface area contributed by atoms with Gasteiger partial charge in [-0.2, -0.15) is 0 Å². The van der Waals surface area contributed by atoms with Crippen LogP contribution in [0.3, 0.4) is 0 Å². The highest BCUT2D eigenvalue weighted by Gasteiger charge is 2.49. The first kappa shape index (κ1) is 13.9. The number of carbonyl (C=O) groups is 2. The summed E-state index contributed by atoms with van der Waals surface area (Å²) in [4.78, 5) is 25.9. The SMILES string of the molecule is CCC1(CC)CC(=O)N(c2ccc(N)c(Cl)c2)C1=O. The third kappa shape index (κ3) is 2.10. The lowest BCUT2D eigenvalue weighted by Gasteiger charge is -2.23. The van der Waals surface area contributed by atoms with Crippen LogP contribution >= 0.6 is 11.6 Å². The van der Waals surface area contributed by atoms with Gasteiger partial charge in [0.05, 0.1) is 21.8 Å². The number of nitrogens with zero attached hydrogens (tertiary/aromatic N) is 1. The van der Waals surface area contributed by atoms with Gasteiger partial charge in [0.2, 0.25) is 11.8 Å². The molecule has 1 aliphatic rings. The van der Waals surface area contributed by atoms with Gasteiger partial charge in [0.15, 0.2) is 0 Å². The smallest absolute Gasteiger partial charge is 0.240 e. The molecule has 0 radical (unpaired) electrons. The van der Waals surface area contributed by atoms with Crippen LogP contribution in [0.15, 0.2) is 18.2 Å². The number of carbonyl (C=O) groups excluding carboxylic acids is 2. The Labute approximate surface area is 117 Å². The summed E-state index contributed by atoms with van der Waals surface area (Å²) in [5.74, 6) is -0.308. The molecule has 0 unspecified atom stereocenters. The van der Waals surface area contributed by atoms with E-state index in [1.165, 1.54) is 4.90 Å². The van der Waals surface area contributed by atoms with Crippen LogP contribution in [0.4, 0.5) is 11.4 Å². The maximum atomic E-state index is 12.5. The molecule has 2 N–H and O–H groups in total. The van der Waals surface area contributed by atoms with Crippen molar-refractivity contribution in [3.8, 4) is 0 Å². The van der Waals surface area contributed by atoms with Crippen molar-refractivity contribution in [1.29, 1.82) is 0 Å². The summed E-state index contributed by atoms with van der Waals surface area (Å²) >= 11 is 5.95. The number of halogens is 1. The van der Waals surface area contributed by atoms with Crippen LogP contribution in [-0.4, -0.2) is 11.8 Å². The molecule has 2 rings (SSSR count). The zero-order valence-corrected chi connectivity index (χ0v) is 11.8. The largest absolute Gasteiger partial charge is 0.398 e. The first-order valence-corrected chi connectivity index (χ1v) is 6.75. The molecule has 2 amide bonds. The summed E-state index contributed by atoms with van der Waals surface area (Å²) in [7, 11) is 0. The molecule has 1 aromatic carbocycles. The molecule has 102 valence electrons. The quantitative estimate of drug-likeness (QED) is 0.684. The van der Waals surface area contributed by atoms with Crippen molar-refractivity contribution in [2.45, 2.75) is 33.1 Å². The third-order valence-electron chi connectivity index (χ3n) is 3.99. The Morgan fingerprint density at radius 1 is 1.32 bits per heavy atom. The number of benzene rings is 1. The third-order valence-corrected chi connectivity index (χ3v) is 4.32. The molecule has 4 nitrogen and oxygen atoms in total. The van der Waals surface area contributed by atoms with Crippen molar-refractivity contribution in [2.75, 3.05) is 10.6 Å². The fraction of sp³-hybridized carbons (Fsp3) is 0.429. The highest BCUT2D eigenvalue weighted by atomic mass is 35.5. The minimum absolute atomic E-state index is 0.136. The molecule has 1 heterocycles. The zero-order chi connectivity index (χ0) is 14.2. The van der Waals surface area contributed by atoms with Crippen LogP contribution in [0.2, 0.25) is 5.02 Å². The second-order valence-corrected chi connectivity index (χ2v) is 5.31. The lowest BCUT2D eigenvalue weighted by Crippen LogP contribution is -2.35. The van der Waals surface area contributed by atoms with Crippen LogP contribution in [0, 0.1) is 5.41 Å². The van der Waals surface area contributed by atoms with Crippen LogP contribution in [0.1, 0.15) is 33.1 Å². The van der Waals surface area contributed by atoms with Gasteiger partial charge < -0.3 is 5.73 Å². The molecule has 0 bridgehead atoms. The molecule has 1 aromatic rings. The molecule has 5 heteroatoms. The normalized spacial score (nSPS) is 18.2. The molecule has 1 fully saturated rings. The molecule has 19 heavy (non-hydrogen) atoms. The summed E-state index contributed by atoms with van der Waals surface area (Å²) in [6.45, 7) is 3.88. The fourth-order valence-electron chi connectivity index (χ4n) is 2.51. The van der Waals surface area contributed by atoms with Crippen molar-refractivity contribution in [1.82, 2.24) is 0 Å². The van der Waals surface area contributed by atoms with Gasteiger partial charge in [0.1, 0.15) is 0 Å². The van der Waals surface area contributed by atoms with E-state index in [1.54, 1.807) is 18.2 Å². The summed E-state index contributed by atoms with van der Waals surface area (Å²) < 4.78 is 0. The summed E-state index contributed by atoms with van der Waals surface area (Å²) in [5.41, 5.74) is 6.01. The van der Waals surface area contributed by atoms with Crippen molar-refractivity contribution in [2.24, 2.45) is 5.41 Å². The van der Waals surface area contributed by atoms with Gasteiger partial charge in [-0.25, -0.2) is 0 Å². The number of rotatable bonds is 3. The Balaban J connectivity index is 2.43. The second kappa shape index (κ2) is 4.85. The number of imide groups is 1. The number of hydrogen-bond donors (Lipinski definition) is 1. The number of hydrogen-bond acceptors (Lipinski definition) is 3. The zero-order valence-electron chi connectivity index (χ0n) is 11.1. The van der Waals surface area contributed by atoms with Crippen LogP contribution in [0.5, 0.6) is 0 Å². The maximum absolute atomic E-state index is 12.5. The van der Waals surface area contributed by atoms with E-state index in [0.29, 0.717) is 29.2 Å². The highest BCUT2D eigenvalue weighted by molar-refractivity contribution is 6.33. The Kier molecular flexibility index (Phi) is 3.54. The van der Waals surface area contributed by atoms with Gasteiger partial charge in [-0.05, 0) is 31.0 Å².